The van der Waals surface area contributed by atoms with E-state index >= 15 is 0 Å². The maximum atomic E-state index is 13.2. The third-order valence-electron chi connectivity index (χ3n) is 6.16. The van der Waals surface area contributed by atoms with Gasteiger partial charge in [0, 0.05) is 37.0 Å². The number of methoxy groups -OCH3 is 1. The fourth-order valence-corrected chi connectivity index (χ4v) is 3.99. The number of unbranched alkanes of at least 4 members (excludes halogenated alkanes) is 6. The van der Waals surface area contributed by atoms with Gasteiger partial charge in [-0.1, -0.05) is 52.4 Å². The van der Waals surface area contributed by atoms with Crippen molar-refractivity contribution in [2.45, 2.75) is 84.1 Å². The van der Waals surface area contributed by atoms with Crippen LogP contribution >= 0.6 is 0 Å². The van der Waals surface area contributed by atoms with Crippen molar-refractivity contribution in [2.75, 3.05) is 20.2 Å². The quantitative estimate of drug-likeness (QED) is 0.215. The number of hydrogen-bond donors (Lipinski definition) is 3. The van der Waals surface area contributed by atoms with E-state index in [0.717, 1.165) is 57.4 Å². The molecule has 1 aromatic carbocycles. The molecule has 0 saturated carbocycles. The third-order valence-corrected chi connectivity index (χ3v) is 6.16. The molecule has 0 aliphatic rings. The highest BCUT2D eigenvalue weighted by Gasteiger charge is 2.24. The molecule has 1 aromatic heterocycles. The van der Waals surface area contributed by atoms with Crippen LogP contribution in [0.5, 0.6) is 5.75 Å². The molecule has 1 atom stereocenters. The minimum Gasteiger partial charge on any atom is -0.497 e. The van der Waals surface area contributed by atoms with Crippen molar-refractivity contribution in [3.8, 4) is 5.75 Å². The second-order valence-corrected chi connectivity index (χ2v) is 9.17. The number of fused-ring (bicyclic) bond motifs is 1. The van der Waals surface area contributed by atoms with Crippen molar-refractivity contribution in [3.63, 3.8) is 0 Å². The lowest BCUT2D eigenvalue weighted by Crippen LogP contribution is -2.47. The molecule has 9 heteroatoms. The molecular weight excluding hydrogens is 474 g/mol. The lowest BCUT2D eigenvalue weighted by atomic mass is 10.1. The Morgan fingerprint density at radius 3 is 2.24 bits per heavy atom. The Labute approximate surface area is 218 Å². The van der Waals surface area contributed by atoms with Crippen LogP contribution in [-0.4, -0.2) is 44.0 Å². The van der Waals surface area contributed by atoms with Crippen molar-refractivity contribution in [1.29, 1.82) is 0 Å². The van der Waals surface area contributed by atoms with Gasteiger partial charge in [0.05, 0.1) is 12.7 Å². The first-order chi connectivity index (χ1) is 17.9. The predicted molar refractivity (Wildman–Crippen MR) is 144 cm³/mol. The highest BCUT2D eigenvalue weighted by atomic mass is 16.5. The molecule has 0 aliphatic carbocycles. The van der Waals surface area contributed by atoms with Crippen LogP contribution in [0.4, 0.5) is 0 Å². The summed E-state index contributed by atoms with van der Waals surface area (Å²) in [7, 11) is 1.49. The molecule has 2 aromatic rings. The molecule has 1 unspecified atom stereocenters. The zero-order valence-electron chi connectivity index (χ0n) is 22.3. The largest absolute Gasteiger partial charge is 0.497 e. The van der Waals surface area contributed by atoms with Crippen LogP contribution in [0, 0.1) is 0 Å². The summed E-state index contributed by atoms with van der Waals surface area (Å²) in [6.45, 7) is 5.33. The molecule has 0 fully saturated rings. The molecule has 1 heterocycles. The second-order valence-electron chi connectivity index (χ2n) is 9.17. The van der Waals surface area contributed by atoms with E-state index in [1.54, 1.807) is 12.1 Å². The van der Waals surface area contributed by atoms with Crippen molar-refractivity contribution in [1.82, 2.24) is 16.0 Å². The van der Waals surface area contributed by atoms with Gasteiger partial charge in [-0.25, -0.2) is 4.79 Å². The van der Waals surface area contributed by atoms with Gasteiger partial charge in [0.2, 0.25) is 11.8 Å². The fourth-order valence-electron chi connectivity index (χ4n) is 3.99. The van der Waals surface area contributed by atoms with Gasteiger partial charge in [0.15, 0.2) is 0 Å². The van der Waals surface area contributed by atoms with Crippen LogP contribution in [0.1, 0.15) is 88.4 Å². The zero-order chi connectivity index (χ0) is 27.0. The van der Waals surface area contributed by atoms with E-state index in [9.17, 15) is 19.2 Å². The van der Waals surface area contributed by atoms with Crippen LogP contribution in [-0.2, 0) is 9.59 Å². The molecule has 2 rings (SSSR count). The lowest BCUT2D eigenvalue weighted by Gasteiger charge is -2.19. The van der Waals surface area contributed by atoms with Gasteiger partial charge in [0.25, 0.3) is 5.91 Å². The summed E-state index contributed by atoms with van der Waals surface area (Å²) >= 11 is 0. The minimum absolute atomic E-state index is 0.0926. The summed E-state index contributed by atoms with van der Waals surface area (Å²) in [6, 6.07) is 4.99. The molecule has 3 N–H and O–H groups in total. The van der Waals surface area contributed by atoms with Gasteiger partial charge < -0.3 is 25.1 Å². The number of carbonyl (C=O) groups excluding carboxylic acids is 3. The Bertz CT molecular complexity index is 1080. The summed E-state index contributed by atoms with van der Waals surface area (Å²) < 4.78 is 10.4. The molecule has 0 spiro atoms. The lowest BCUT2D eigenvalue weighted by molar-refractivity contribution is -0.124. The topological polar surface area (TPSA) is 127 Å². The van der Waals surface area contributed by atoms with Gasteiger partial charge in [-0.2, -0.15) is 0 Å². The molecule has 9 nitrogen and oxygen atoms in total. The SMILES string of the molecule is CCCCCCNC(=O)CCC(NC(=O)c1cc(=O)oc2cc(OC)ccc12)C(=O)NCCCCCC. The van der Waals surface area contributed by atoms with Gasteiger partial charge in [-0.15, -0.1) is 0 Å². The molecule has 204 valence electrons. The van der Waals surface area contributed by atoms with Gasteiger partial charge >= 0.3 is 5.63 Å². The molecule has 0 radical (unpaired) electrons. The maximum absolute atomic E-state index is 13.2. The van der Waals surface area contributed by atoms with Crippen molar-refractivity contribution in [2.24, 2.45) is 0 Å². The summed E-state index contributed by atoms with van der Waals surface area (Å²) in [5.74, 6) is -0.623. The Hall–Kier alpha value is -3.36. The van der Waals surface area contributed by atoms with Crippen LogP contribution in [0.3, 0.4) is 0 Å². The van der Waals surface area contributed by atoms with Gasteiger partial charge in [-0.3, -0.25) is 14.4 Å². The second kappa shape index (κ2) is 16.4. The highest BCUT2D eigenvalue weighted by molar-refractivity contribution is 6.07. The van der Waals surface area contributed by atoms with Crippen molar-refractivity contribution in [3.05, 3.63) is 40.2 Å². The number of amides is 3. The number of nitrogens with one attached hydrogen (secondary N) is 3. The first-order valence-electron chi connectivity index (χ1n) is 13.4. The average Bonchev–Trinajstić information content (AvgIpc) is 2.89. The standard InChI is InChI=1S/C28H41N3O6/c1-4-6-8-10-16-29-25(32)15-14-23(28(35)30-17-11-9-7-5-2)31-27(34)22-19-26(33)37-24-18-20(36-3)12-13-21(22)24/h12-13,18-19,23H,4-11,14-17H2,1-3H3,(H,29,32)(H,30,35)(H,31,34). The molecular formula is C28H41N3O6. The number of benzene rings is 1. The highest BCUT2D eigenvalue weighted by Crippen LogP contribution is 2.22. The Morgan fingerprint density at radius 2 is 1.59 bits per heavy atom. The van der Waals surface area contributed by atoms with E-state index < -0.39 is 17.6 Å². The number of hydrogen-bond acceptors (Lipinski definition) is 6. The van der Waals surface area contributed by atoms with E-state index in [0.29, 0.717) is 24.2 Å². The normalized spacial score (nSPS) is 11.6. The molecule has 37 heavy (non-hydrogen) atoms. The Morgan fingerprint density at radius 1 is 0.919 bits per heavy atom. The molecule has 0 aliphatic heterocycles. The average molecular weight is 516 g/mol. The van der Waals surface area contributed by atoms with E-state index in [2.05, 4.69) is 29.8 Å². The summed E-state index contributed by atoms with van der Waals surface area (Å²) in [6.07, 6.45) is 8.46. The van der Waals surface area contributed by atoms with Gasteiger partial charge in [-0.05, 0) is 31.4 Å². The maximum Gasteiger partial charge on any atom is 0.337 e. The summed E-state index contributed by atoms with van der Waals surface area (Å²) in [5.41, 5.74) is -0.392. The van der Waals surface area contributed by atoms with Crippen LogP contribution < -0.4 is 26.3 Å². The molecule has 0 bridgehead atoms. The van der Waals surface area contributed by atoms with Crippen molar-refractivity contribution >= 4 is 28.7 Å². The first-order valence-corrected chi connectivity index (χ1v) is 13.4. The Balaban J connectivity index is 2.10. The first kappa shape index (κ1) is 29.9. The van der Waals surface area contributed by atoms with E-state index in [4.69, 9.17) is 9.15 Å². The van der Waals surface area contributed by atoms with Crippen LogP contribution in [0.2, 0.25) is 0 Å². The Kier molecular flexibility index (Phi) is 13.2. The monoisotopic (exact) mass is 515 g/mol. The van der Waals surface area contributed by atoms with Gasteiger partial charge in [0.1, 0.15) is 17.4 Å². The minimum atomic E-state index is -0.926. The van der Waals surface area contributed by atoms with Crippen LogP contribution in [0.15, 0.2) is 33.5 Å². The molecule has 3 amide bonds. The summed E-state index contributed by atoms with van der Waals surface area (Å²) in [4.78, 5) is 50.6. The number of rotatable bonds is 17. The van der Waals surface area contributed by atoms with Crippen LogP contribution in [0.25, 0.3) is 11.0 Å². The third kappa shape index (κ3) is 10.3. The zero-order valence-corrected chi connectivity index (χ0v) is 22.3. The van der Waals surface area contributed by atoms with Crippen molar-refractivity contribution < 1.29 is 23.5 Å². The smallest absolute Gasteiger partial charge is 0.337 e. The predicted octanol–water partition coefficient (Wildman–Crippen LogP) is 4.07. The fraction of sp³-hybridized carbons (Fsp3) is 0.571. The number of ether oxygens (including phenoxy) is 1. The molecule has 0 saturated heterocycles. The van der Waals surface area contributed by atoms with E-state index in [1.807, 2.05) is 0 Å². The van der Waals surface area contributed by atoms with E-state index in [1.165, 1.54) is 13.2 Å². The summed E-state index contributed by atoms with van der Waals surface area (Å²) in [5, 5.41) is 8.90. The number of carbonyl (C=O) groups is 3. The van der Waals surface area contributed by atoms with E-state index in [-0.39, 0.29) is 35.8 Å².